The summed E-state index contributed by atoms with van der Waals surface area (Å²) in [6, 6.07) is -0.697. The molecule has 6 heteroatoms. The molecule has 3 N–H and O–H groups in total. The summed E-state index contributed by atoms with van der Waals surface area (Å²) in [6.45, 7) is 4.90. The van der Waals surface area contributed by atoms with Crippen LogP contribution in [0.25, 0.3) is 0 Å². The lowest BCUT2D eigenvalue weighted by Gasteiger charge is -2.24. The fraction of sp³-hybridized carbons (Fsp3) is 0.833. The number of carbonyl (C=O) groups is 2. The summed E-state index contributed by atoms with van der Waals surface area (Å²) in [5, 5.41) is 21.0. The van der Waals surface area contributed by atoms with Crippen molar-refractivity contribution in [1.29, 1.82) is 0 Å². The third-order valence-electron chi connectivity index (χ3n) is 3.23. The van der Waals surface area contributed by atoms with E-state index >= 15 is 0 Å². The second-order valence-corrected chi connectivity index (χ2v) is 5.20. The Bertz CT molecular complexity index is 306. The average molecular weight is 258 g/mol. The van der Waals surface area contributed by atoms with Crippen LogP contribution in [0.15, 0.2) is 0 Å². The Hall–Kier alpha value is -1.30. The SMILES string of the molecule is CC(C)C[C@H](NC[C@@H]1CCCN1C(=O)O)C(=O)O. The van der Waals surface area contributed by atoms with Crippen molar-refractivity contribution in [2.24, 2.45) is 5.92 Å². The molecular weight excluding hydrogens is 236 g/mol. The van der Waals surface area contributed by atoms with Gasteiger partial charge in [-0.1, -0.05) is 13.8 Å². The molecule has 1 aliphatic rings. The number of carboxylic acid groups (broad SMARTS) is 2. The molecule has 104 valence electrons. The Morgan fingerprint density at radius 3 is 2.56 bits per heavy atom. The van der Waals surface area contributed by atoms with Gasteiger partial charge in [-0.2, -0.15) is 0 Å². The number of carboxylic acids is 1. The van der Waals surface area contributed by atoms with Crippen LogP contribution in [0.1, 0.15) is 33.1 Å². The summed E-state index contributed by atoms with van der Waals surface area (Å²) in [5.41, 5.74) is 0. The standard InChI is InChI=1S/C12H22N2O4/c1-8(2)6-10(11(15)16)13-7-9-4-3-5-14(9)12(17)18/h8-10,13H,3-7H2,1-2H3,(H,15,16)(H,17,18)/t9-,10-/m0/s1. The van der Waals surface area contributed by atoms with Gasteiger partial charge in [0.05, 0.1) is 0 Å². The minimum atomic E-state index is -0.921. The van der Waals surface area contributed by atoms with Crippen LogP contribution in [0, 0.1) is 5.92 Å². The summed E-state index contributed by atoms with van der Waals surface area (Å²) < 4.78 is 0. The molecule has 1 saturated heterocycles. The Balaban J connectivity index is 2.46. The number of amides is 1. The molecule has 18 heavy (non-hydrogen) atoms. The molecular formula is C12H22N2O4. The Morgan fingerprint density at radius 2 is 2.06 bits per heavy atom. The molecule has 1 heterocycles. The Morgan fingerprint density at radius 1 is 1.39 bits per heavy atom. The second kappa shape index (κ2) is 6.58. The van der Waals surface area contributed by atoms with Gasteiger partial charge in [0.25, 0.3) is 0 Å². The van der Waals surface area contributed by atoms with E-state index in [4.69, 9.17) is 10.2 Å². The van der Waals surface area contributed by atoms with E-state index in [2.05, 4.69) is 5.32 Å². The van der Waals surface area contributed by atoms with Crippen molar-refractivity contribution in [3.63, 3.8) is 0 Å². The number of nitrogens with one attached hydrogen (secondary N) is 1. The fourth-order valence-electron chi connectivity index (χ4n) is 2.32. The highest BCUT2D eigenvalue weighted by atomic mass is 16.4. The van der Waals surface area contributed by atoms with Crippen LogP contribution in [0.5, 0.6) is 0 Å². The van der Waals surface area contributed by atoms with E-state index in [0.29, 0.717) is 19.5 Å². The number of hydrogen-bond donors (Lipinski definition) is 3. The predicted molar refractivity (Wildman–Crippen MR) is 66.6 cm³/mol. The van der Waals surface area contributed by atoms with Crippen molar-refractivity contribution in [2.75, 3.05) is 13.1 Å². The Labute approximate surface area is 107 Å². The summed E-state index contributed by atoms with van der Waals surface area (Å²) in [5.74, 6) is -0.582. The molecule has 1 aliphatic heterocycles. The molecule has 1 fully saturated rings. The maximum absolute atomic E-state index is 11.1. The van der Waals surface area contributed by atoms with E-state index < -0.39 is 18.1 Å². The molecule has 0 aromatic heterocycles. The lowest BCUT2D eigenvalue weighted by Crippen LogP contribution is -2.46. The molecule has 0 aliphatic carbocycles. The molecule has 0 saturated carbocycles. The maximum Gasteiger partial charge on any atom is 0.407 e. The highest BCUT2D eigenvalue weighted by molar-refractivity contribution is 5.73. The first-order valence-corrected chi connectivity index (χ1v) is 6.37. The zero-order chi connectivity index (χ0) is 13.7. The van der Waals surface area contributed by atoms with Crippen LogP contribution in [0.3, 0.4) is 0 Å². The lowest BCUT2D eigenvalue weighted by atomic mass is 10.0. The van der Waals surface area contributed by atoms with Crippen molar-refractivity contribution in [3.05, 3.63) is 0 Å². The van der Waals surface area contributed by atoms with Crippen LogP contribution < -0.4 is 5.32 Å². The number of nitrogens with zero attached hydrogens (tertiary/aromatic N) is 1. The van der Waals surface area contributed by atoms with E-state index in [-0.39, 0.29) is 12.0 Å². The third-order valence-corrected chi connectivity index (χ3v) is 3.23. The van der Waals surface area contributed by atoms with Crippen LogP contribution in [-0.4, -0.2) is 52.3 Å². The average Bonchev–Trinajstić information content (AvgIpc) is 2.71. The summed E-state index contributed by atoms with van der Waals surface area (Å²) in [4.78, 5) is 23.4. The summed E-state index contributed by atoms with van der Waals surface area (Å²) >= 11 is 0. The van der Waals surface area contributed by atoms with Crippen molar-refractivity contribution in [2.45, 2.75) is 45.2 Å². The number of likely N-dealkylation sites (tertiary alicyclic amines) is 1. The summed E-state index contributed by atoms with van der Waals surface area (Å²) in [7, 11) is 0. The first-order valence-electron chi connectivity index (χ1n) is 6.37. The van der Waals surface area contributed by atoms with Crippen LogP contribution in [-0.2, 0) is 4.79 Å². The van der Waals surface area contributed by atoms with Gasteiger partial charge in [0, 0.05) is 19.1 Å². The van der Waals surface area contributed by atoms with Crippen LogP contribution in [0.4, 0.5) is 4.79 Å². The molecule has 0 spiro atoms. The zero-order valence-corrected chi connectivity index (χ0v) is 10.9. The van der Waals surface area contributed by atoms with Gasteiger partial charge in [-0.15, -0.1) is 0 Å². The van der Waals surface area contributed by atoms with Gasteiger partial charge in [-0.25, -0.2) is 4.79 Å². The number of rotatable bonds is 6. The van der Waals surface area contributed by atoms with Gasteiger partial charge in [-0.3, -0.25) is 4.79 Å². The monoisotopic (exact) mass is 258 g/mol. The molecule has 1 rings (SSSR count). The molecule has 0 unspecified atom stereocenters. The molecule has 6 nitrogen and oxygen atoms in total. The largest absolute Gasteiger partial charge is 0.480 e. The quantitative estimate of drug-likeness (QED) is 0.666. The van der Waals surface area contributed by atoms with Gasteiger partial charge >= 0.3 is 12.1 Å². The second-order valence-electron chi connectivity index (χ2n) is 5.20. The molecule has 1 amide bonds. The van der Waals surface area contributed by atoms with Gasteiger partial charge in [-0.05, 0) is 25.2 Å². The predicted octanol–water partition coefficient (Wildman–Crippen LogP) is 1.22. The van der Waals surface area contributed by atoms with Gasteiger partial charge < -0.3 is 20.4 Å². The molecule has 0 aromatic carbocycles. The van der Waals surface area contributed by atoms with Crippen molar-refractivity contribution < 1.29 is 19.8 Å². The van der Waals surface area contributed by atoms with Crippen LogP contribution in [0.2, 0.25) is 0 Å². The van der Waals surface area contributed by atoms with E-state index in [0.717, 1.165) is 12.8 Å². The number of hydrogen-bond acceptors (Lipinski definition) is 3. The van der Waals surface area contributed by atoms with Gasteiger partial charge in [0.15, 0.2) is 0 Å². The first-order chi connectivity index (χ1) is 8.41. The fourth-order valence-corrected chi connectivity index (χ4v) is 2.32. The van der Waals surface area contributed by atoms with E-state index in [1.165, 1.54) is 4.90 Å². The molecule has 0 bridgehead atoms. The lowest BCUT2D eigenvalue weighted by molar-refractivity contribution is -0.139. The maximum atomic E-state index is 11.1. The Kier molecular flexibility index (Phi) is 5.40. The zero-order valence-electron chi connectivity index (χ0n) is 10.9. The molecule has 0 radical (unpaired) electrons. The highest BCUT2D eigenvalue weighted by Gasteiger charge is 2.29. The van der Waals surface area contributed by atoms with E-state index in [9.17, 15) is 9.59 Å². The van der Waals surface area contributed by atoms with Crippen molar-refractivity contribution >= 4 is 12.1 Å². The summed E-state index contributed by atoms with van der Waals surface area (Å²) in [6.07, 6.45) is 1.28. The highest BCUT2D eigenvalue weighted by Crippen LogP contribution is 2.17. The van der Waals surface area contributed by atoms with Gasteiger partial charge in [0.2, 0.25) is 0 Å². The van der Waals surface area contributed by atoms with Crippen molar-refractivity contribution in [3.8, 4) is 0 Å². The smallest absolute Gasteiger partial charge is 0.407 e. The van der Waals surface area contributed by atoms with E-state index in [1.54, 1.807) is 0 Å². The van der Waals surface area contributed by atoms with E-state index in [1.807, 2.05) is 13.8 Å². The minimum Gasteiger partial charge on any atom is -0.480 e. The topological polar surface area (TPSA) is 89.9 Å². The minimum absolute atomic E-state index is 0.100. The molecule has 0 aromatic rings. The number of aliphatic carboxylic acids is 1. The van der Waals surface area contributed by atoms with Crippen LogP contribution >= 0.6 is 0 Å². The normalized spacial score (nSPS) is 21.3. The molecule has 2 atom stereocenters. The van der Waals surface area contributed by atoms with Gasteiger partial charge in [0.1, 0.15) is 6.04 Å². The third kappa shape index (κ3) is 4.18. The first kappa shape index (κ1) is 14.8. The van der Waals surface area contributed by atoms with Crippen molar-refractivity contribution in [1.82, 2.24) is 10.2 Å².